The summed E-state index contributed by atoms with van der Waals surface area (Å²) < 4.78 is 39.2. The third-order valence-corrected chi connectivity index (χ3v) is 7.05. The maximum atomic E-state index is 15.0. The van der Waals surface area contributed by atoms with E-state index in [-0.39, 0.29) is 34.6 Å². The number of sulfone groups is 1. The van der Waals surface area contributed by atoms with Crippen LogP contribution in [0.3, 0.4) is 0 Å². The van der Waals surface area contributed by atoms with Crippen LogP contribution in [0.4, 0.5) is 20.6 Å². The van der Waals surface area contributed by atoms with E-state index in [0.29, 0.717) is 10.7 Å². The molecule has 0 bridgehead atoms. The minimum Gasteiger partial charge on any atom is -0.324 e. The van der Waals surface area contributed by atoms with Crippen LogP contribution in [0.15, 0.2) is 71.6 Å². The summed E-state index contributed by atoms with van der Waals surface area (Å²) in [4.78, 5) is 38.8. The van der Waals surface area contributed by atoms with Gasteiger partial charge in [-0.05, 0) is 55.0 Å². The van der Waals surface area contributed by atoms with Crippen molar-refractivity contribution >= 4 is 50.7 Å². The zero-order valence-electron chi connectivity index (χ0n) is 19.0. The van der Waals surface area contributed by atoms with Gasteiger partial charge in [-0.1, -0.05) is 29.8 Å². The predicted octanol–water partition coefficient (Wildman–Crippen LogP) is 4.71. The lowest BCUT2D eigenvalue weighted by molar-refractivity contribution is -0.130. The highest BCUT2D eigenvalue weighted by Crippen LogP contribution is 2.31. The van der Waals surface area contributed by atoms with E-state index in [9.17, 15) is 27.2 Å². The van der Waals surface area contributed by atoms with Gasteiger partial charge in [-0.3, -0.25) is 14.5 Å². The molecule has 0 aliphatic carbocycles. The zero-order valence-corrected chi connectivity index (χ0v) is 20.6. The van der Waals surface area contributed by atoms with Crippen molar-refractivity contribution in [1.29, 1.82) is 0 Å². The second kappa shape index (κ2) is 10.1. The number of likely N-dealkylation sites (tertiary alicyclic amines) is 1. The first-order chi connectivity index (χ1) is 17.0. The molecule has 3 aromatic carbocycles. The molecule has 1 saturated heterocycles. The lowest BCUT2D eigenvalue weighted by Crippen LogP contribution is -2.47. The van der Waals surface area contributed by atoms with Crippen LogP contribution in [0.5, 0.6) is 0 Å². The standard InChI is InChI=1S/C25H21ClFN3O5S/c1-36(34,35)22-5-3-2-4-19(22)18-11-10-17(14-20(18)27)28-24(32)21-12-13-23(31)30(21)25(33)29-16-8-6-15(26)7-9-16/h2-11,14,21H,12-13H2,1H3,(H,28,32)(H,29,33). The van der Waals surface area contributed by atoms with Crippen LogP contribution < -0.4 is 10.6 Å². The van der Waals surface area contributed by atoms with Crippen molar-refractivity contribution < 1.29 is 27.2 Å². The third kappa shape index (κ3) is 5.39. The van der Waals surface area contributed by atoms with Gasteiger partial charge in [0.15, 0.2) is 9.84 Å². The molecule has 8 nitrogen and oxygen atoms in total. The highest BCUT2D eigenvalue weighted by molar-refractivity contribution is 7.90. The number of rotatable bonds is 5. The maximum absolute atomic E-state index is 15.0. The van der Waals surface area contributed by atoms with Gasteiger partial charge in [-0.25, -0.2) is 17.6 Å². The molecule has 4 amide bonds. The summed E-state index contributed by atoms with van der Waals surface area (Å²) in [6, 6.07) is 14.3. The van der Waals surface area contributed by atoms with Crippen LogP contribution in [0.2, 0.25) is 5.02 Å². The number of imide groups is 1. The molecule has 1 atom stereocenters. The summed E-state index contributed by atoms with van der Waals surface area (Å²) in [7, 11) is -3.60. The lowest BCUT2D eigenvalue weighted by atomic mass is 10.0. The van der Waals surface area contributed by atoms with Gasteiger partial charge < -0.3 is 10.6 Å². The first-order valence-corrected chi connectivity index (χ1v) is 13.1. The molecule has 36 heavy (non-hydrogen) atoms. The van der Waals surface area contributed by atoms with E-state index in [1.807, 2.05) is 0 Å². The fraction of sp³-hybridized carbons (Fsp3) is 0.160. The van der Waals surface area contributed by atoms with Crippen molar-refractivity contribution in [3.8, 4) is 11.1 Å². The second-order valence-electron chi connectivity index (χ2n) is 8.21. The van der Waals surface area contributed by atoms with E-state index in [1.54, 1.807) is 36.4 Å². The van der Waals surface area contributed by atoms with Crippen molar-refractivity contribution in [2.45, 2.75) is 23.8 Å². The van der Waals surface area contributed by atoms with Gasteiger partial charge in [-0.15, -0.1) is 0 Å². The number of amides is 4. The molecular formula is C25H21ClFN3O5S. The fourth-order valence-electron chi connectivity index (χ4n) is 3.95. The lowest BCUT2D eigenvalue weighted by Gasteiger charge is -2.22. The molecule has 0 spiro atoms. The molecule has 1 unspecified atom stereocenters. The number of hydrogen-bond donors (Lipinski definition) is 2. The summed E-state index contributed by atoms with van der Waals surface area (Å²) in [5.41, 5.74) is 0.738. The number of anilines is 2. The number of carbonyl (C=O) groups is 3. The molecule has 0 aromatic heterocycles. The summed E-state index contributed by atoms with van der Waals surface area (Å²) in [5, 5.41) is 5.57. The van der Waals surface area contributed by atoms with Crippen molar-refractivity contribution in [2.24, 2.45) is 0 Å². The van der Waals surface area contributed by atoms with Crippen LogP contribution in [0, 0.1) is 5.82 Å². The Morgan fingerprint density at radius 2 is 1.64 bits per heavy atom. The highest BCUT2D eigenvalue weighted by Gasteiger charge is 2.40. The molecule has 0 radical (unpaired) electrons. The van der Waals surface area contributed by atoms with Crippen LogP contribution in [-0.4, -0.2) is 43.5 Å². The Morgan fingerprint density at radius 3 is 2.31 bits per heavy atom. The summed E-state index contributed by atoms with van der Waals surface area (Å²) >= 11 is 5.84. The fourth-order valence-corrected chi connectivity index (χ4v) is 4.98. The molecule has 2 N–H and O–H groups in total. The van der Waals surface area contributed by atoms with Gasteiger partial charge in [0.2, 0.25) is 11.8 Å². The number of benzene rings is 3. The highest BCUT2D eigenvalue weighted by atomic mass is 35.5. The SMILES string of the molecule is CS(=O)(=O)c1ccccc1-c1ccc(NC(=O)C2CCC(=O)N2C(=O)Nc2ccc(Cl)cc2)cc1F. The van der Waals surface area contributed by atoms with Crippen molar-refractivity contribution in [3.05, 3.63) is 77.6 Å². The van der Waals surface area contributed by atoms with Gasteiger partial charge in [0.25, 0.3) is 0 Å². The van der Waals surface area contributed by atoms with Gasteiger partial charge >= 0.3 is 6.03 Å². The number of carbonyl (C=O) groups excluding carboxylic acids is 3. The summed E-state index contributed by atoms with van der Waals surface area (Å²) in [6.07, 6.45) is 1.15. The van der Waals surface area contributed by atoms with E-state index in [0.717, 1.165) is 17.2 Å². The largest absolute Gasteiger partial charge is 0.329 e. The minimum absolute atomic E-state index is 0.00169. The molecule has 11 heteroatoms. The molecule has 1 fully saturated rings. The van der Waals surface area contributed by atoms with Crippen LogP contribution in [0.1, 0.15) is 12.8 Å². The Labute approximate surface area is 212 Å². The summed E-state index contributed by atoms with van der Waals surface area (Å²) in [6.45, 7) is 0. The Morgan fingerprint density at radius 1 is 0.972 bits per heavy atom. The quantitative estimate of drug-likeness (QED) is 0.497. The van der Waals surface area contributed by atoms with Crippen LogP contribution in [0.25, 0.3) is 11.1 Å². The Bertz CT molecular complexity index is 1460. The topological polar surface area (TPSA) is 113 Å². The van der Waals surface area contributed by atoms with E-state index >= 15 is 0 Å². The van der Waals surface area contributed by atoms with Crippen molar-refractivity contribution in [3.63, 3.8) is 0 Å². The van der Waals surface area contributed by atoms with E-state index < -0.39 is 39.5 Å². The normalized spacial score (nSPS) is 15.6. The Hall–Kier alpha value is -3.76. The molecule has 186 valence electrons. The number of nitrogens with one attached hydrogen (secondary N) is 2. The molecular weight excluding hydrogens is 509 g/mol. The van der Waals surface area contributed by atoms with Gasteiger partial charge in [0, 0.05) is 40.2 Å². The average molecular weight is 530 g/mol. The smallest absolute Gasteiger partial charge is 0.324 e. The average Bonchev–Trinajstić information content (AvgIpc) is 3.22. The number of hydrogen-bond acceptors (Lipinski definition) is 5. The van der Waals surface area contributed by atoms with Crippen molar-refractivity contribution in [2.75, 3.05) is 16.9 Å². The van der Waals surface area contributed by atoms with Gasteiger partial charge in [0.05, 0.1) is 4.90 Å². The Balaban J connectivity index is 1.52. The monoisotopic (exact) mass is 529 g/mol. The van der Waals surface area contributed by atoms with Crippen LogP contribution in [-0.2, 0) is 19.4 Å². The van der Waals surface area contributed by atoms with Crippen LogP contribution >= 0.6 is 11.6 Å². The molecule has 0 saturated carbocycles. The van der Waals surface area contributed by atoms with Crippen molar-refractivity contribution in [1.82, 2.24) is 4.90 Å². The molecule has 1 heterocycles. The number of halogens is 2. The van der Waals surface area contributed by atoms with E-state index in [1.165, 1.54) is 24.3 Å². The molecule has 1 aliphatic heterocycles. The third-order valence-electron chi connectivity index (χ3n) is 5.64. The van der Waals surface area contributed by atoms with E-state index in [4.69, 9.17) is 11.6 Å². The first-order valence-electron chi connectivity index (χ1n) is 10.8. The second-order valence-corrected chi connectivity index (χ2v) is 10.6. The molecule has 3 aromatic rings. The first kappa shape index (κ1) is 25.3. The number of nitrogens with zero attached hydrogens (tertiary/aromatic N) is 1. The maximum Gasteiger partial charge on any atom is 0.329 e. The van der Waals surface area contributed by atoms with E-state index in [2.05, 4.69) is 10.6 Å². The Kier molecular flexibility index (Phi) is 7.09. The molecule has 4 rings (SSSR count). The summed E-state index contributed by atoms with van der Waals surface area (Å²) in [5.74, 6) is -1.92. The van der Waals surface area contributed by atoms with Gasteiger partial charge in [0.1, 0.15) is 11.9 Å². The zero-order chi connectivity index (χ0) is 26.0. The van der Waals surface area contributed by atoms with Gasteiger partial charge in [-0.2, -0.15) is 0 Å². The minimum atomic E-state index is -3.60. The molecule has 1 aliphatic rings. The predicted molar refractivity (Wildman–Crippen MR) is 134 cm³/mol. The number of urea groups is 1.